The minimum absolute atomic E-state index is 0.0141. The molecule has 0 spiro atoms. The number of H-pyrrole nitrogens is 1. The summed E-state index contributed by atoms with van der Waals surface area (Å²) in [5, 5.41) is 10.1. The first-order valence-electron chi connectivity index (χ1n) is 8.26. The normalized spacial score (nSPS) is 10.3. The summed E-state index contributed by atoms with van der Waals surface area (Å²) in [6, 6.07) is 18.2. The minimum Gasteiger partial charge on any atom is -0.465 e. The fraction of sp³-hybridized carbons (Fsp3) is 0.0952. The van der Waals surface area contributed by atoms with Gasteiger partial charge in [0.25, 0.3) is 5.56 Å². The van der Waals surface area contributed by atoms with Crippen LogP contribution in [0.3, 0.4) is 0 Å². The third kappa shape index (κ3) is 4.11. The molecule has 3 rings (SSSR count). The van der Waals surface area contributed by atoms with Gasteiger partial charge in [0.15, 0.2) is 0 Å². The maximum atomic E-state index is 12.3. The Morgan fingerprint density at radius 2 is 1.96 bits per heavy atom. The van der Waals surface area contributed by atoms with Gasteiger partial charge in [-0.2, -0.15) is 5.26 Å². The standard InChI is InChI=1S/C21H15ClN2O3S/c1-27-21(26)15-9-5-6-13(10-15)12-28-20-16(11-23)17(18(22)19(25)24-20)14-7-3-2-4-8-14/h2-10H,12H2,1H3,(H,24,25). The molecule has 1 aromatic heterocycles. The summed E-state index contributed by atoms with van der Waals surface area (Å²) in [5.74, 6) is 0.0292. The number of pyridine rings is 1. The highest BCUT2D eigenvalue weighted by molar-refractivity contribution is 7.98. The Labute approximate surface area is 170 Å². The van der Waals surface area contributed by atoms with Gasteiger partial charge in [-0.15, -0.1) is 11.8 Å². The first-order chi connectivity index (χ1) is 13.5. The smallest absolute Gasteiger partial charge is 0.337 e. The zero-order chi connectivity index (χ0) is 20.1. The summed E-state index contributed by atoms with van der Waals surface area (Å²) < 4.78 is 4.73. The molecule has 0 bridgehead atoms. The predicted octanol–water partition coefficient (Wildman–Crippen LogP) is 4.65. The average molecular weight is 411 g/mol. The fourth-order valence-corrected chi connectivity index (χ4v) is 3.91. The number of carbonyl (C=O) groups is 1. The van der Waals surface area contributed by atoms with Crippen LogP contribution in [0, 0.1) is 11.3 Å². The van der Waals surface area contributed by atoms with Crippen molar-refractivity contribution in [2.75, 3.05) is 7.11 Å². The zero-order valence-electron chi connectivity index (χ0n) is 14.9. The number of nitriles is 1. The number of thioether (sulfide) groups is 1. The van der Waals surface area contributed by atoms with Crippen LogP contribution >= 0.6 is 23.4 Å². The number of aromatic nitrogens is 1. The van der Waals surface area contributed by atoms with Gasteiger partial charge in [0, 0.05) is 11.3 Å². The molecule has 0 radical (unpaired) electrons. The molecule has 7 heteroatoms. The van der Waals surface area contributed by atoms with E-state index in [9.17, 15) is 14.9 Å². The Bertz CT molecular complexity index is 1120. The van der Waals surface area contributed by atoms with Crippen LogP contribution in [0.2, 0.25) is 5.02 Å². The number of aromatic amines is 1. The topological polar surface area (TPSA) is 83.0 Å². The number of ether oxygens (including phenoxy) is 1. The number of halogens is 1. The van der Waals surface area contributed by atoms with Crippen molar-refractivity contribution in [3.63, 3.8) is 0 Å². The molecule has 0 aliphatic heterocycles. The van der Waals surface area contributed by atoms with E-state index in [1.807, 2.05) is 24.3 Å². The van der Waals surface area contributed by atoms with Crippen LogP contribution in [0.5, 0.6) is 0 Å². The van der Waals surface area contributed by atoms with Crippen LogP contribution in [0.1, 0.15) is 21.5 Å². The summed E-state index contributed by atoms with van der Waals surface area (Å²) in [6.07, 6.45) is 0. The van der Waals surface area contributed by atoms with E-state index in [-0.39, 0.29) is 5.02 Å². The minimum atomic E-state index is -0.453. The lowest BCUT2D eigenvalue weighted by molar-refractivity contribution is 0.0600. The van der Waals surface area contributed by atoms with E-state index in [1.165, 1.54) is 18.9 Å². The number of carbonyl (C=O) groups excluding carboxylic acids is 1. The molecule has 0 saturated heterocycles. The Morgan fingerprint density at radius 1 is 1.21 bits per heavy atom. The van der Waals surface area contributed by atoms with Crippen molar-refractivity contribution in [2.45, 2.75) is 10.8 Å². The second-order valence-corrected chi connectivity index (χ2v) is 7.17. The van der Waals surface area contributed by atoms with E-state index in [0.29, 0.717) is 33.0 Å². The molecule has 1 N–H and O–H groups in total. The van der Waals surface area contributed by atoms with Crippen molar-refractivity contribution < 1.29 is 9.53 Å². The van der Waals surface area contributed by atoms with Gasteiger partial charge in [0.2, 0.25) is 0 Å². The molecule has 1 heterocycles. The van der Waals surface area contributed by atoms with Crippen LogP contribution in [0.25, 0.3) is 11.1 Å². The number of benzene rings is 2. The van der Waals surface area contributed by atoms with Gasteiger partial charge in [-0.25, -0.2) is 4.79 Å². The number of nitrogens with zero attached hydrogens (tertiary/aromatic N) is 1. The quantitative estimate of drug-likeness (QED) is 0.489. The van der Waals surface area contributed by atoms with E-state index in [1.54, 1.807) is 30.3 Å². The molecule has 0 fully saturated rings. The Balaban J connectivity index is 1.98. The highest BCUT2D eigenvalue weighted by Gasteiger charge is 2.18. The molecule has 3 aromatic rings. The van der Waals surface area contributed by atoms with E-state index in [2.05, 4.69) is 11.1 Å². The number of hydrogen-bond acceptors (Lipinski definition) is 5. The number of nitrogens with one attached hydrogen (secondary N) is 1. The van der Waals surface area contributed by atoms with Crippen molar-refractivity contribution in [2.24, 2.45) is 0 Å². The molecule has 0 aliphatic rings. The molecule has 140 valence electrons. The maximum absolute atomic E-state index is 12.3. The highest BCUT2D eigenvalue weighted by Crippen LogP contribution is 2.34. The van der Waals surface area contributed by atoms with Crippen LogP contribution < -0.4 is 5.56 Å². The summed E-state index contributed by atoms with van der Waals surface area (Å²) >= 11 is 7.51. The summed E-state index contributed by atoms with van der Waals surface area (Å²) in [5.41, 5.74) is 2.27. The van der Waals surface area contributed by atoms with Gasteiger partial charge in [0.05, 0.1) is 23.3 Å². The second-order valence-electron chi connectivity index (χ2n) is 5.81. The molecule has 0 unspecified atom stereocenters. The molecule has 0 saturated carbocycles. The number of rotatable bonds is 5. The average Bonchev–Trinajstić information content (AvgIpc) is 2.74. The lowest BCUT2D eigenvalue weighted by Crippen LogP contribution is -2.11. The van der Waals surface area contributed by atoms with Gasteiger partial charge in [-0.3, -0.25) is 4.79 Å². The lowest BCUT2D eigenvalue weighted by Gasteiger charge is -2.11. The molecule has 28 heavy (non-hydrogen) atoms. The molecule has 2 aromatic carbocycles. The van der Waals surface area contributed by atoms with Crippen molar-refractivity contribution in [1.29, 1.82) is 5.26 Å². The molecule has 0 amide bonds. The molecule has 0 aliphatic carbocycles. The van der Waals surface area contributed by atoms with Crippen LogP contribution in [0.15, 0.2) is 64.4 Å². The number of esters is 1. The largest absolute Gasteiger partial charge is 0.465 e. The monoisotopic (exact) mass is 410 g/mol. The van der Waals surface area contributed by atoms with Crippen LogP contribution in [-0.4, -0.2) is 18.1 Å². The molecular weight excluding hydrogens is 396 g/mol. The number of hydrogen-bond donors (Lipinski definition) is 1. The summed E-state index contributed by atoms with van der Waals surface area (Å²) in [7, 11) is 1.33. The van der Waals surface area contributed by atoms with Gasteiger partial charge in [-0.1, -0.05) is 54.1 Å². The molecule has 0 atom stereocenters. The first-order valence-corrected chi connectivity index (χ1v) is 9.63. The third-order valence-corrected chi connectivity index (χ3v) is 5.46. The summed E-state index contributed by atoms with van der Waals surface area (Å²) in [6.45, 7) is 0. The predicted molar refractivity (Wildman–Crippen MR) is 110 cm³/mol. The van der Waals surface area contributed by atoms with Crippen LogP contribution in [-0.2, 0) is 10.5 Å². The molecule has 5 nitrogen and oxygen atoms in total. The van der Waals surface area contributed by atoms with Crippen molar-refractivity contribution in [3.8, 4) is 17.2 Å². The van der Waals surface area contributed by atoms with Crippen molar-refractivity contribution >= 4 is 29.3 Å². The van der Waals surface area contributed by atoms with Gasteiger partial charge >= 0.3 is 5.97 Å². The first kappa shape index (κ1) is 19.7. The number of methoxy groups -OCH3 is 1. The lowest BCUT2D eigenvalue weighted by atomic mass is 10.0. The van der Waals surface area contributed by atoms with Gasteiger partial charge < -0.3 is 9.72 Å². The maximum Gasteiger partial charge on any atom is 0.337 e. The molecular formula is C21H15ClN2O3S. The zero-order valence-corrected chi connectivity index (χ0v) is 16.4. The Kier molecular flexibility index (Phi) is 6.19. The second kappa shape index (κ2) is 8.79. The van der Waals surface area contributed by atoms with Crippen molar-refractivity contribution in [1.82, 2.24) is 4.98 Å². The Morgan fingerprint density at radius 3 is 2.64 bits per heavy atom. The van der Waals surface area contributed by atoms with Crippen molar-refractivity contribution in [3.05, 3.63) is 86.7 Å². The van der Waals surface area contributed by atoms with Gasteiger partial charge in [0.1, 0.15) is 11.1 Å². The highest BCUT2D eigenvalue weighted by atomic mass is 35.5. The van der Waals surface area contributed by atoms with E-state index in [0.717, 1.165) is 5.56 Å². The van der Waals surface area contributed by atoms with E-state index >= 15 is 0 Å². The Hall–Kier alpha value is -3.01. The SMILES string of the molecule is COC(=O)c1cccc(CSc2[nH]c(=O)c(Cl)c(-c3ccccc3)c2C#N)c1. The van der Waals surface area contributed by atoms with Gasteiger partial charge in [-0.05, 0) is 23.3 Å². The fourth-order valence-electron chi connectivity index (χ4n) is 2.71. The van der Waals surface area contributed by atoms with Crippen LogP contribution in [0.4, 0.5) is 0 Å². The van der Waals surface area contributed by atoms with E-state index < -0.39 is 11.5 Å². The third-order valence-electron chi connectivity index (χ3n) is 4.03. The van der Waals surface area contributed by atoms with E-state index in [4.69, 9.17) is 16.3 Å². The summed E-state index contributed by atoms with van der Waals surface area (Å²) in [4.78, 5) is 26.7.